The number of ether oxygens (including phenoxy) is 1. The summed E-state index contributed by atoms with van der Waals surface area (Å²) in [7, 11) is 0. The van der Waals surface area contributed by atoms with Crippen molar-refractivity contribution < 1.29 is 4.74 Å². The smallest absolute Gasteiger partial charge is 0.127 e. The van der Waals surface area contributed by atoms with Crippen LogP contribution in [0.3, 0.4) is 0 Å². The molecule has 0 spiro atoms. The van der Waals surface area contributed by atoms with E-state index in [9.17, 15) is 0 Å². The Kier molecular flexibility index (Phi) is 5.72. The van der Waals surface area contributed by atoms with Gasteiger partial charge >= 0.3 is 0 Å². The minimum Gasteiger partial charge on any atom is -0.457 e. The molecule has 3 aromatic rings. The van der Waals surface area contributed by atoms with Crippen LogP contribution in [0, 0.1) is 0 Å². The summed E-state index contributed by atoms with van der Waals surface area (Å²) in [6, 6.07) is 18.9. The molecule has 0 aromatic heterocycles. The maximum atomic E-state index is 6.25. The summed E-state index contributed by atoms with van der Waals surface area (Å²) in [5.41, 5.74) is 4.16. The lowest BCUT2D eigenvalue weighted by Crippen LogP contribution is -2.10. The van der Waals surface area contributed by atoms with Crippen LogP contribution in [-0.4, -0.2) is 12.3 Å². The van der Waals surface area contributed by atoms with Crippen LogP contribution in [0.1, 0.15) is 16.7 Å². The summed E-state index contributed by atoms with van der Waals surface area (Å²) in [5.74, 6) is 1.55. The summed E-state index contributed by atoms with van der Waals surface area (Å²) >= 11 is 18.1. The van der Waals surface area contributed by atoms with Crippen LogP contribution in [0.2, 0.25) is 15.1 Å². The van der Waals surface area contributed by atoms with Crippen LogP contribution in [0.15, 0.2) is 71.7 Å². The Morgan fingerprint density at radius 2 is 1.54 bits per heavy atom. The van der Waals surface area contributed by atoms with Crippen molar-refractivity contribution in [2.24, 2.45) is 4.99 Å². The molecular weight excluding hydrogens is 413 g/mol. The van der Waals surface area contributed by atoms with E-state index in [2.05, 4.69) is 11.1 Å². The zero-order valence-electron chi connectivity index (χ0n) is 14.8. The van der Waals surface area contributed by atoms with E-state index in [1.807, 2.05) is 60.7 Å². The molecule has 28 heavy (non-hydrogen) atoms. The van der Waals surface area contributed by atoms with Crippen molar-refractivity contribution in [3.63, 3.8) is 0 Å². The van der Waals surface area contributed by atoms with E-state index in [4.69, 9.17) is 39.5 Å². The average molecular weight is 429 g/mol. The Labute approximate surface area is 179 Å². The molecule has 0 saturated carbocycles. The van der Waals surface area contributed by atoms with E-state index in [0.29, 0.717) is 15.1 Å². The molecule has 0 radical (unpaired) electrons. The molecule has 2 nitrogen and oxygen atoms in total. The van der Waals surface area contributed by atoms with Crippen LogP contribution in [0.4, 0.5) is 0 Å². The second-order valence-electron chi connectivity index (χ2n) is 6.39. The van der Waals surface area contributed by atoms with Gasteiger partial charge in [0.2, 0.25) is 0 Å². The number of allylic oxidation sites excluding steroid dienone is 1. The average Bonchev–Trinajstić information content (AvgIpc) is 2.69. The summed E-state index contributed by atoms with van der Waals surface area (Å²) in [5, 5.41) is 1.93. The Bertz CT molecular complexity index is 1070. The fourth-order valence-electron chi connectivity index (χ4n) is 3.06. The first-order valence-electron chi connectivity index (χ1n) is 8.83. The summed E-state index contributed by atoms with van der Waals surface area (Å²) in [6.45, 7) is 0.741. The van der Waals surface area contributed by atoms with Crippen LogP contribution in [-0.2, 0) is 6.42 Å². The third kappa shape index (κ3) is 4.41. The predicted molar refractivity (Wildman–Crippen MR) is 119 cm³/mol. The van der Waals surface area contributed by atoms with Gasteiger partial charge in [-0.3, -0.25) is 4.99 Å². The van der Waals surface area contributed by atoms with Gasteiger partial charge in [-0.05, 0) is 78.2 Å². The van der Waals surface area contributed by atoms with Gasteiger partial charge in [-0.2, -0.15) is 0 Å². The molecule has 4 rings (SSSR count). The first-order chi connectivity index (χ1) is 13.6. The monoisotopic (exact) mass is 427 g/mol. The highest BCUT2D eigenvalue weighted by Gasteiger charge is 2.13. The molecule has 0 unspecified atom stereocenters. The summed E-state index contributed by atoms with van der Waals surface area (Å²) < 4.78 is 5.94. The van der Waals surface area contributed by atoms with E-state index in [1.165, 1.54) is 5.56 Å². The number of halogens is 3. The van der Waals surface area contributed by atoms with Gasteiger partial charge in [0.25, 0.3) is 0 Å². The van der Waals surface area contributed by atoms with Gasteiger partial charge in [-0.15, -0.1) is 0 Å². The minimum absolute atomic E-state index is 0.618. The number of rotatable bonds is 4. The molecule has 0 bridgehead atoms. The molecule has 1 heterocycles. The quantitative estimate of drug-likeness (QED) is 0.421. The lowest BCUT2D eigenvalue weighted by molar-refractivity contribution is 0.482. The predicted octanol–water partition coefficient (Wildman–Crippen LogP) is 7.50. The van der Waals surface area contributed by atoms with Crippen molar-refractivity contribution in [3.8, 4) is 11.5 Å². The third-order valence-electron chi connectivity index (χ3n) is 4.45. The molecule has 5 heteroatoms. The first kappa shape index (κ1) is 19.1. The van der Waals surface area contributed by atoms with Crippen molar-refractivity contribution in [1.82, 2.24) is 0 Å². The molecule has 1 aliphatic rings. The second-order valence-corrected chi connectivity index (χ2v) is 7.67. The Morgan fingerprint density at radius 3 is 2.32 bits per heavy atom. The van der Waals surface area contributed by atoms with E-state index in [-0.39, 0.29) is 0 Å². The van der Waals surface area contributed by atoms with Crippen molar-refractivity contribution >= 4 is 46.6 Å². The zero-order valence-corrected chi connectivity index (χ0v) is 17.1. The summed E-state index contributed by atoms with van der Waals surface area (Å²) in [6.07, 6.45) is 4.84. The Balaban J connectivity index is 1.56. The molecule has 3 aromatic carbocycles. The third-order valence-corrected chi connectivity index (χ3v) is 5.26. The maximum Gasteiger partial charge on any atom is 0.127 e. The van der Waals surface area contributed by atoms with E-state index in [1.54, 1.807) is 6.07 Å². The van der Waals surface area contributed by atoms with E-state index in [0.717, 1.165) is 41.3 Å². The largest absolute Gasteiger partial charge is 0.457 e. The zero-order chi connectivity index (χ0) is 19.5. The van der Waals surface area contributed by atoms with E-state index < -0.39 is 0 Å². The maximum absolute atomic E-state index is 6.25. The molecule has 1 aliphatic heterocycles. The Hall–Kier alpha value is -2.26. The van der Waals surface area contributed by atoms with Gasteiger partial charge in [0.1, 0.15) is 11.5 Å². The van der Waals surface area contributed by atoms with Crippen molar-refractivity contribution in [2.45, 2.75) is 6.42 Å². The van der Waals surface area contributed by atoms with Gasteiger partial charge in [-0.25, -0.2) is 0 Å². The first-order valence-corrected chi connectivity index (χ1v) is 9.96. The van der Waals surface area contributed by atoms with E-state index >= 15 is 0 Å². The van der Waals surface area contributed by atoms with Crippen LogP contribution in [0.5, 0.6) is 11.5 Å². The van der Waals surface area contributed by atoms with Gasteiger partial charge < -0.3 is 4.74 Å². The van der Waals surface area contributed by atoms with Crippen molar-refractivity contribution in [1.29, 1.82) is 0 Å². The van der Waals surface area contributed by atoms with Gasteiger partial charge in [-0.1, -0.05) is 46.9 Å². The highest BCUT2D eigenvalue weighted by atomic mass is 35.5. The molecule has 0 N–H and O–H groups in total. The van der Waals surface area contributed by atoms with Crippen LogP contribution >= 0.6 is 34.8 Å². The lowest BCUT2D eigenvalue weighted by Gasteiger charge is -2.16. The molecule has 0 atom stereocenters. The van der Waals surface area contributed by atoms with Crippen LogP contribution < -0.4 is 4.74 Å². The fraction of sp³-hybridized carbons (Fsp3) is 0.0870. The molecule has 140 valence electrons. The standard InChI is InChI=1S/C23H16Cl3NO/c24-17-4-6-19(7-5-17)28-20-8-9-21-16(13-20)11-12-27-23(21)10-2-15-1-3-18(25)14-22(15)26/h1-10,13-14H,11-12H2/b10-2+. The molecule has 0 saturated heterocycles. The van der Waals surface area contributed by atoms with Crippen molar-refractivity contribution in [3.05, 3.63) is 98.5 Å². The fourth-order valence-corrected chi connectivity index (χ4v) is 3.66. The van der Waals surface area contributed by atoms with Gasteiger partial charge in [0.05, 0.1) is 5.71 Å². The lowest BCUT2D eigenvalue weighted by atomic mass is 9.96. The summed E-state index contributed by atoms with van der Waals surface area (Å²) in [4.78, 5) is 4.66. The highest BCUT2D eigenvalue weighted by molar-refractivity contribution is 6.35. The highest BCUT2D eigenvalue weighted by Crippen LogP contribution is 2.28. The molecule has 0 fully saturated rings. The molecule has 0 amide bonds. The Morgan fingerprint density at radius 1 is 0.786 bits per heavy atom. The van der Waals surface area contributed by atoms with Gasteiger partial charge in [0.15, 0.2) is 0 Å². The number of nitrogens with zero attached hydrogens (tertiary/aromatic N) is 1. The minimum atomic E-state index is 0.618. The SMILES string of the molecule is Clc1ccc(Oc2ccc3c(c2)CCN=C3/C=C/c2ccc(Cl)cc2Cl)cc1. The second kappa shape index (κ2) is 8.40. The molecule has 0 aliphatic carbocycles. The number of hydrogen-bond acceptors (Lipinski definition) is 2. The number of benzene rings is 3. The van der Waals surface area contributed by atoms with Crippen LogP contribution in [0.25, 0.3) is 6.08 Å². The number of fused-ring (bicyclic) bond motifs is 1. The topological polar surface area (TPSA) is 21.6 Å². The number of aliphatic imine (C=N–C) groups is 1. The van der Waals surface area contributed by atoms with Crippen molar-refractivity contribution in [2.75, 3.05) is 6.54 Å². The molecular formula is C23H16Cl3NO. The number of hydrogen-bond donors (Lipinski definition) is 0. The normalized spacial score (nSPS) is 13.3. The van der Waals surface area contributed by atoms with Gasteiger partial charge in [0, 0.05) is 27.2 Å².